The van der Waals surface area contributed by atoms with Crippen LogP contribution in [-0.2, 0) is 19.1 Å². The standard InChI is InChI=1S/C48H57N9O6/c1-25(2)40(52-47(60)62-5)45(58)56-19-7-9-36(56)35-23-32(24-49-35)27-11-13-28(14-12-27)42-38-29-15-16-30(21-29)39(38)43(55-54-42)31-17-18-33-34(22-31)51-44(50-33)37-10-8-20-57(37)46(59)41(26(3)4)53-48(61)63-6/h11-14,17-18,22,24-26,29-30,36-37,40-41H,7-10,15-16,19-21,23H2,1-6H3,(H,50,51)(H,52,60)(H,53,61)/t29?,30?,36-,37-,40-,41-/m0/s1/i3D3,4D3,25D,26D,40D,41D. The Kier molecular flexibility index (Phi) is 8.66. The zero-order valence-corrected chi connectivity index (χ0v) is 35.6. The second-order valence-electron chi connectivity index (χ2n) is 17.0. The summed E-state index contributed by atoms with van der Waals surface area (Å²) in [6.45, 7) is -4.34. The van der Waals surface area contributed by atoms with E-state index < -0.39 is 73.6 Å². The molecule has 2 bridgehead atoms. The van der Waals surface area contributed by atoms with E-state index in [4.69, 9.17) is 38.6 Å². The third-order valence-electron chi connectivity index (χ3n) is 13.1. The lowest BCUT2D eigenvalue weighted by Gasteiger charge is -2.31. The Morgan fingerprint density at radius 1 is 0.778 bits per heavy atom. The van der Waals surface area contributed by atoms with E-state index in [2.05, 4.69) is 15.0 Å². The topological polar surface area (TPSA) is 184 Å². The van der Waals surface area contributed by atoms with E-state index in [1.807, 2.05) is 47.8 Å². The summed E-state index contributed by atoms with van der Waals surface area (Å²) >= 11 is 0. The Labute approximate surface area is 381 Å². The molecule has 0 spiro atoms. The van der Waals surface area contributed by atoms with Crippen LogP contribution in [0.5, 0.6) is 0 Å². The smallest absolute Gasteiger partial charge is 0.407 e. The molecule has 2 unspecified atom stereocenters. The first-order valence-electron chi connectivity index (χ1n) is 26.4. The van der Waals surface area contributed by atoms with Crippen molar-refractivity contribution in [2.75, 3.05) is 27.3 Å². The number of hydrogen-bond donors (Lipinski definition) is 3. The molecule has 3 N–H and O–H groups in total. The summed E-state index contributed by atoms with van der Waals surface area (Å²) in [5.41, 5.74) is 9.34. The van der Waals surface area contributed by atoms with Crippen molar-refractivity contribution in [3.05, 3.63) is 71.2 Å². The molecule has 1 saturated carbocycles. The van der Waals surface area contributed by atoms with Gasteiger partial charge in [0.15, 0.2) is 0 Å². The van der Waals surface area contributed by atoms with Gasteiger partial charge in [-0.05, 0) is 103 Å². The third kappa shape index (κ3) is 7.84. The minimum atomic E-state index is -3.81. The summed E-state index contributed by atoms with van der Waals surface area (Å²) < 4.78 is 92.9. The molecular weight excluding hydrogens is 799 g/mol. The van der Waals surface area contributed by atoms with Gasteiger partial charge in [-0.25, -0.2) is 14.6 Å². The third-order valence-corrected chi connectivity index (χ3v) is 13.1. The number of hydrogen-bond acceptors (Lipinski definition) is 10. The van der Waals surface area contributed by atoms with E-state index in [1.165, 1.54) is 19.4 Å². The number of amides is 4. The normalized spacial score (nSPS) is 26.4. The maximum atomic E-state index is 14.4. The van der Waals surface area contributed by atoms with Crippen molar-refractivity contribution in [1.29, 1.82) is 0 Å². The molecule has 15 heteroatoms. The average molecular weight is 866 g/mol. The Morgan fingerprint density at radius 2 is 1.35 bits per heavy atom. The molecule has 63 heavy (non-hydrogen) atoms. The SMILES string of the molecule is [2H]C([2H])([2H])C([2H])(C([2H])([2H])[2H])[C@]([2H])(NC(=O)OC)C(=O)N1CCC[C@H]1c1nc2ccc(-c3nnc(-c4ccc(C5=CN=C([C@@H]6CCCN6C(=O)[C@@]([2H])(NC(=O)OC)C([2H])(C)C)C5)cc4)c4c3C3CCC4C3)cc2[nH]1. The van der Waals surface area contributed by atoms with Crippen molar-refractivity contribution in [3.63, 3.8) is 0 Å². The van der Waals surface area contributed by atoms with E-state index in [0.717, 1.165) is 83.3 Å². The molecule has 4 aromatic rings. The number of carbonyl (C=O) groups is 4. The van der Waals surface area contributed by atoms with Crippen molar-refractivity contribution in [2.24, 2.45) is 16.8 Å². The second kappa shape index (κ2) is 17.2. The lowest BCUT2D eigenvalue weighted by Crippen LogP contribution is -2.53. The number of ether oxygens (including phenoxy) is 2. The van der Waals surface area contributed by atoms with Gasteiger partial charge in [-0.2, -0.15) is 0 Å². The van der Waals surface area contributed by atoms with Gasteiger partial charge in [-0.15, -0.1) is 10.2 Å². The van der Waals surface area contributed by atoms with Gasteiger partial charge in [0, 0.05) is 53.5 Å². The van der Waals surface area contributed by atoms with Crippen LogP contribution in [0.1, 0.15) is 133 Å². The number of fused-ring (bicyclic) bond motifs is 6. The molecule has 9 rings (SSSR count). The maximum Gasteiger partial charge on any atom is 0.407 e. The molecule has 5 aliphatic rings. The molecule has 3 fully saturated rings. The summed E-state index contributed by atoms with van der Waals surface area (Å²) in [5, 5.41) is 13.8. The van der Waals surface area contributed by atoms with Crippen molar-refractivity contribution in [1.82, 2.24) is 40.6 Å². The van der Waals surface area contributed by atoms with Gasteiger partial charge in [0.2, 0.25) is 11.8 Å². The summed E-state index contributed by atoms with van der Waals surface area (Å²) in [6, 6.07) is 6.60. The summed E-state index contributed by atoms with van der Waals surface area (Å²) in [7, 11) is 2.05. The van der Waals surface area contributed by atoms with E-state index in [1.54, 1.807) is 11.1 Å². The Morgan fingerprint density at radius 3 is 1.97 bits per heavy atom. The quantitative estimate of drug-likeness (QED) is 0.136. The van der Waals surface area contributed by atoms with Crippen molar-refractivity contribution >= 4 is 46.3 Å². The number of allylic oxidation sites excluding steroid dienone is 1. The minimum Gasteiger partial charge on any atom is -0.453 e. The number of alkyl carbamates (subject to hydrolysis) is 2. The Balaban J connectivity index is 0.950. The predicted octanol–water partition coefficient (Wildman–Crippen LogP) is 7.65. The number of aromatic nitrogens is 4. The van der Waals surface area contributed by atoms with Crippen molar-refractivity contribution in [3.8, 4) is 22.5 Å². The molecule has 2 aliphatic carbocycles. The molecule has 2 aromatic carbocycles. The number of nitrogens with one attached hydrogen (secondary N) is 3. The number of nitrogens with zero attached hydrogens (tertiary/aromatic N) is 6. The van der Waals surface area contributed by atoms with Crippen LogP contribution >= 0.6 is 0 Å². The fraction of sp³-hybridized carbons (Fsp3) is 0.500. The Hall–Kier alpha value is -6.12. The summed E-state index contributed by atoms with van der Waals surface area (Å²) in [6.07, 6.45) is 4.85. The van der Waals surface area contributed by atoms with E-state index in [9.17, 15) is 19.2 Å². The van der Waals surface area contributed by atoms with Gasteiger partial charge in [0.1, 0.15) is 17.9 Å². The van der Waals surface area contributed by atoms with Gasteiger partial charge in [0.05, 0.1) is 51.5 Å². The van der Waals surface area contributed by atoms with E-state index in [0.29, 0.717) is 55.6 Å². The molecule has 2 saturated heterocycles. The first-order valence-corrected chi connectivity index (χ1v) is 21.4. The van der Waals surface area contributed by atoms with Crippen LogP contribution in [0, 0.1) is 11.8 Å². The molecule has 6 atom stereocenters. The van der Waals surface area contributed by atoms with Crippen LogP contribution in [0.3, 0.4) is 0 Å². The van der Waals surface area contributed by atoms with E-state index in [-0.39, 0.29) is 18.3 Å². The van der Waals surface area contributed by atoms with Crippen LogP contribution in [0.15, 0.2) is 53.7 Å². The first kappa shape index (κ1) is 31.7. The molecule has 0 radical (unpaired) electrons. The van der Waals surface area contributed by atoms with Crippen LogP contribution in [0.2, 0.25) is 0 Å². The first-order chi connectivity index (χ1) is 34.3. The molecule has 330 valence electrons. The largest absolute Gasteiger partial charge is 0.453 e. The number of aromatic amines is 1. The Bertz CT molecular complexity index is 2940. The molecule has 5 heterocycles. The number of likely N-dealkylation sites (tertiary alicyclic amines) is 2. The highest BCUT2D eigenvalue weighted by Gasteiger charge is 2.43. The monoisotopic (exact) mass is 866 g/mol. The number of H-pyrrole nitrogens is 1. The number of methoxy groups -OCH3 is 2. The van der Waals surface area contributed by atoms with Gasteiger partial charge >= 0.3 is 12.2 Å². The predicted molar refractivity (Wildman–Crippen MR) is 239 cm³/mol. The van der Waals surface area contributed by atoms with Crippen LogP contribution < -0.4 is 10.6 Å². The minimum absolute atomic E-state index is 0.0377. The van der Waals surface area contributed by atoms with Gasteiger partial charge in [-0.1, -0.05) is 57.9 Å². The number of benzene rings is 2. The van der Waals surface area contributed by atoms with Crippen LogP contribution in [-0.4, -0.2) is 105 Å². The fourth-order valence-electron chi connectivity index (χ4n) is 10.1. The highest BCUT2D eigenvalue weighted by Crippen LogP contribution is 2.57. The summed E-state index contributed by atoms with van der Waals surface area (Å²) in [4.78, 5) is 68.5. The van der Waals surface area contributed by atoms with E-state index >= 15 is 0 Å². The number of aliphatic imine (C=N–C) groups is 1. The fourth-order valence-corrected chi connectivity index (χ4v) is 10.1. The highest BCUT2D eigenvalue weighted by atomic mass is 16.5. The zero-order chi connectivity index (χ0) is 52.8. The highest BCUT2D eigenvalue weighted by molar-refractivity contribution is 6.04. The van der Waals surface area contributed by atoms with Gasteiger partial charge in [-0.3, -0.25) is 14.6 Å². The zero-order valence-electron chi connectivity index (χ0n) is 45.6. The summed E-state index contributed by atoms with van der Waals surface area (Å²) in [5.74, 6) is -6.72. The van der Waals surface area contributed by atoms with Crippen molar-refractivity contribution in [2.45, 2.75) is 115 Å². The average Bonchev–Trinajstić information content (AvgIpc) is 4.22. The lowest BCUT2D eigenvalue weighted by molar-refractivity contribution is -0.135. The molecular formula is C48H57N9O6. The number of rotatable bonds is 11. The van der Waals surface area contributed by atoms with Crippen LogP contribution in [0.25, 0.3) is 39.1 Å². The number of imidazole rings is 1. The molecule has 2 aromatic heterocycles. The molecule has 4 amide bonds. The lowest BCUT2D eigenvalue weighted by atomic mass is 9.86. The van der Waals surface area contributed by atoms with Crippen molar-refractivity contribution < 1.29 is 42.4 Å². The molecule has 15 nitrogen and oxygen atoms in total. The second-order valence-corrected chi connectivity index (χ2v) is 17.0. The number of carbonyl (C=O) groups excluding carboxylic acids is 4. The van der Waals surface area contributed by atoms with Gasteiger partial charge < -0.3 is 34.9 Å². The molecule has 3 aliphatic heterocycles. The maximum absolute atomic E-state index is 14.4. The van der Waals surface area contributed by atoms with Gasteiger partial charge in [0.25, 0.3) is 0 Å². The van der Waals surface area contributed by atoms with Crippen LogP contribution in [0.4, 0.5) is 9.59 Å².